The predicted molar refractivity (Wildman–Crippen MR) is 124 cm³/mol. The van der Waals surface area contributed by atoms with Gasteiger partial charge in [0.2, 0.25) is 5.91 Å². The molecule has 32 heavy (non-hydrogen) atoms. The smallest absolute Gasteiger partial charge is 0.230 e. The second kappa shape index (κ2) is 7.15. The molecule has 3 aromatic heterocycles. The minimum Gasteiger partial charge on any atom is -0.369 e. The molecule has 1 fully saturated rings. The number of nitrogens with zero attached hydrogens (tertiary/aromatic N) is 3. The molecule has 0 spiro atoms. The zero-order valence-corrected chi connectivity index (χ0v) is 18.4. The molecule has 0 aliphatic heterocycles. The molecule has 5 nitrogen and oxygen atoms in total. The monoisotopic (exact) mass is 460 g/mol. The molecule has 8 heteroatoms. The summed E-state index contributed by atoms with van der Waals surface area (Å²) in [5.41, 5.74) is 8.72. The highest BCUT2D eigenvalue weighted by Gasteiger charge is 2.52. The molecule has 0 saturated heterocycles. The summed E-state index contributed by atoms with van der Waals surface area (Å²) in [4.78, 5) is 22.1. The summed E-state index contributed by atoms with van der Waals surface area (Å²) >= 11 is 3.16. The van der Waals surface area contributed by atoms with Crippen molar-refractivity contribution in [2.75, 3.05) is 0 Å². The predicted octanol–water partition coefficient (Wildman–Crippen LogP) is 5.42. The van der Waals surface area contributed by atoms with E-state index >= 15 is 0 Å². The van der Waals surface area contributed by atoms with Crippen LogP contribution in [0.2, 0.25) is 0 Å². The van der Waals surface area contributed by atoms with E-state index in [-0.39, 0.29) is 11.7 Å². The van der Waals surface area contributed by atoms with Gasteiger partial charge in [0.1, 0.15) is 26.9 Å². The molecule has 1 aliphatic rings. The van der Waals surface area contributed by atoms with Gasteiger partial charge in [0.05, 0.1) is 16.4 Å². The number of primary amides is 1. The number of benzene rings is 2. The largest absolute Gasteiger partial charge is 0.369 e. The summed E-state index contributed by atoms with van der Waals surface area (Å²) < 4.78 is 16.4. The van der Waals surface area contributed by atoms with E-state index < -0.39 is 5.41 Å². The molecule has 0 bridgehead atoms. The van der Waals surface area contributed by atoms with Crippen LogP contribution in [0.1, 0.15) is 17.8 Å². The van der Waals surface area contributed by atoms with Gasteiger partial charge in [-0.05, 0) is 66.4 Å². The van der Waals surface area contributed by atoms with Gasteiger partial charge in [0.15, 0.2) is 0 Å². The van der Waals surface area contributed by atoms with Crippen LogP contribution < -0.4 is 5.73 Å². The fourth-order valence-corrected chi connectivity index (χ4v) is 6.07. The molecular formula is C24H17FN4OS2. The van der Waals surface area contributed by atoms with E-state index in [1.54, 1.807) is 35.2 Å². The molecule has 5 aromatic rings. The Morgan fingerprint density at radius 1 is 1.09 bits per heavy atom. The Morgan fingerprint density at radius 2 is 1.88 bits per heavy atom. The Labute approximate surface area is 191 Å². The molecule has 2 aromatic carbocycles. The third-order valence-electron chi connectivity index (χ3n) is 5.86. The first kappa shape index (κ1) is 19.5. The van der Waals surface area contributed by atoms with Crippen molar-refractivity contribution in [3.05, 3.63) is 77.8 Å². The van der Waals surface area contributed by atoms with Gasteiger partial charge in [-0.25, -0.2) is 14.4 Å². The first-order valence-corrected chi connectivity index (χ1v) is 11.8. The van der Waals surface area contributed by atoms with Crippen LogP contribution in [0.15, 0.2) is 76.9 Å². The van der Waals surface area contributed by atoms with Crippen molar-refractivity contribution in [1.29, 1.82) is 0 Å². The lowest BCUT2D eigenvalue weighted by Crippen LogP contribution is -2.28. The third-order valence-corrected chi connectivity index (χ3v) is 8.09. The van der Waals surface area contributed by atoms with Gasteiger partial charge in [-0.1, -0.05) is 23.9 Å². The highest BCUT2D eigenvalue weighted by molar-refractivity contribution is 7.99. The fourth-order valence-electron chi connectivity index (χ4n) is 3.83. The molecule has 1 amide bonds. The summed E-state index contributed by atoms with van der Waals surface area (Å²) in [7, 11) is 0. The maximum absolute atomic E-state index is 13.3. The first-order valence-electron chi connectivity index (χ1n) is 10.1. The number of hydrogen-bond donors (Lipinski definition) is 1. The van der Waals surface area contributed by atoms with E-state index in [9.17, 15) is 9.18 Å². The Morgan fingerprint density at radius 3 is 2.62 bits per heavy atom. The Bertz CT molecular complexity index is 1500. The zero-order valence-electron chi connectivity index (χ0n) is 16.8. The normalized spacial score (nSPS) is 14.8. The van der Waals surface area contributed by atoms with Crippen LogP contribution in [0.5, 0.6) is 0 Å². The van der Waals surface area contributed by atoms with Crippen LogP contribution in [0.4, 0.5) is 4.39 Å². The Balaban J connectivity index is 1.34. The van der Waals surface area contributed by atoms with E-state index in [1.807, 2.05) is 41.1 Å². The fraction of sp³-hybridized carbons (Fsp3) is 0.125. The quantitative estimate of drug-likeness (QED) is 0.380. The minimum absolute atomic E-state index is 0.251. The van der Waals surface area contributed by atoms with E-state index in [1.165, 1.54) is 12.1 Å². The molecule has 3 heterocycles. The van der Waals surface area contributed by atoms with Gasteiger partial charge in [0, 0.05) is 11.1 Å². The van der Waals surface area contributed by atoms with Crippen LogP contribution >= 0.6 is 23.1 Å². The van der Waals surface area contributed by atoms with E-state index in [0.29, 0.717) is 0 Å². The molecule has 1 saturated carbocycles. The summed E-state index contributed by atoms with van der Waals surface area (Å²) in [5, 5.41) is 1.80. The second-order valence-electron chi connectivity index (χ2n) is 7.95. The highest BCUT2D eigenvalue weighted by Crippen LogP contribution is 2.50. The van der Waals surface area contributed by atoms with Crippen LogP contribution in [0.25, 0.3) is 27.0 Å². The molecule has 158 valence electrons. The third kappa shape index (κ3) is 3.18. The van der Waals surface area contributed by atoms with Crippen LogP contribution in [0.3, 0.4) is 0 Å². The van der Waals surface area contributed by atoms with Crippen molar-refractivity contribution >= 4 is 44.9 Å². The van der Waals surface area contributed by atoms with Gasteiger partial charge < -0.3 is 5.73 Å². The molecule has 1 aliphatic carbocycles. The maximum atomic E-state index is 13.3. The number of imidazole rings is 1. The van der Waals surface area contributed by atoms with Crippen molar-refractivity contribution < 1.29 is 9.18 Å². The summed E-state index contributed by atoms with van der Waals surface area (Å²) in [6.45, 7) is 0. The van der Waals surface area contributed by atoms with E-state index in [4.69, 9.17) is 5.73 Å². The number of thiazole rings is 1. The van der Waals surface area contributed by atoms with Crippen LogP contribution in [0, 0.1) is 5.82 Å². The standard InChI is InChI=1S/C24H17FN4OS2/c25-16-4-1-14(2-5-16)15-3-8-20-27-12-21(29(20)13-15)31-17-6-7-18-19(11-17)32-23(28-18)24(9-10-24)22(26)30/h1-8,11-13H,9-10H2,(H2,26,30). The SMILES string of the molecule is NC(=O)C1(c2nc3ccc(Sc4cnc5ccc(-c6ccc(F)cc6)cn45)cc3s2)CC1. The highest BCUT2D eigenvalue weighted by atomic mass is 32.2. The molecule has 6 rings (SSSR count). The molecule has 0 radical (unpaired) electrons. The van der Waals surface area contributed by atoms with Gasteiger partial charge in [-0.15, -0.1) is 11.3 Å². The summed E-state index contributed by atoms with van der Waals surface area (Å²) in [6.07, 6.45) is 5.43. The van der Waals surface area contributed by atoms with Crippen LogP contribution in [-0.4, -0.2) is 20.3 Å². The summed E-state index contributed by atoms with van der Waals surface area (Å²) in [6, 6.07) is 16.5. The number of hydrogen-bond acceptors (Lipinski definition) is 5. The average molecular weight is 461 g/mol. The topological polar surface area (TPSA) is 73.3 Å². The summed E-state index contributed by atoms with van der Waals surface area (Å²) in [5.74, 6) is -0.535. The van der Waals surface area contributed by atoms with Crippen molar-refractivity contribution in [3.63, 3.8) is 0 Å². The molecule has 2 N–H and O–H groups in total. The molecule has 0 atom stereocenters. The Hall–Kier alpha value is -3.23. The van der Waals surface area contributed by atoms with Gasteiger partial charge in [-0.2, -0.15) is 0 Å². The molecular weight excluding hydrogens is 443 g/mol. The Kier molecular flexibility index (Phi) is 4.34. The lowest BCUT2D eigenvalue weighted by Gasteiger charge is -2.06. The second-order valence-corrected chi connectivity index (χ2v) is 10.1. The van der Waals surface area contributed by atoms with E-state index in [0.717, 1.165) is 54.8 Å². The van der Waals surface area contributed by atoms with Crippen molar-refractivity contribution in [3.8, 4) is 11.1 Å². The maximum Gasteiger partial charge on any atom is 0.230 e. The number of amides is 1. The number of halogens is 1. The van der Waals surface area contributed by atoms with Gasteiger partial charge in [0.25, 0.3) is 0 Å². The zero-order chi connectivity index (χ0) is 21.9. The lowest BCUT2D eigenvalue weighted by atomic mass is 10.1. The number of pyridine rings is 1. The number of carbonyl (C=O) groups is 1. The van der Waals surface area contributed by atoms with E-state index in [2.05, 4.69) is 16.0 Å². The number of fused-ring (bicyclic) bond motifs is 2. The van der Waals surface area contributed by atoms with Gasteiger partial charge in [-0.3, -0.25) is 9.20 Å². The first-order chi connectivity index (χ1) is 15.5. The van der Waals surface area contributed by atoms with Crippen molar-refractivity contribution in [2.24, 2.45) is 5.73 Å². The number of rotatable bonds is 5. The molecule has 0 unspecified atom stereocenters. The van der Waals surface area contributed by atoms with Crippen molar-refractivity contribution in [1.82, 2.24) is 14.4 Å². The lowest BCUT2D eigenvalue weighted by molar-refractivity contribution is -0.120. The average Bonchev–Trinajstić information content (AvgIpc) is 3.36. The number of aromatic nitrogens is 3. The number of carbonyl (C=O) groups excluding carboxylic acids is 1. The number of nitrogens with two attached hydrogens (primary N) is 1. The minimum atomic E-state index is -0.560. The van der Waals surface area contributed by atoms with Gasteiger partial charge >= 0.3 is 0 Å². The van der Waals surface area contributed by atoms with Crippen molar-refractivity contribution in [2.45, 2.75) is 28.2 Å². The van der Waals surface area contributed by atoms with Crippen LogP contribution in [-0.2, 0) is 10.2 Å².